The Labute approximate surface area is 140 Å². The molecule has 124 valence electrons. The summed E-state index contributed by atoms with van der Waals surface area (Å²) >= 11 is 6.03. The Bertz CT molecular complexity index is 633. The largest absolute Gasteiger partial charge is 0.353 e. The van der Waals surface area contributed by atoms with Crippen LogP contribution < -0.4 is 10.6 Å². The Morgan fingerprint density at radius 3 is 2.83 bits per heavy atom. The molecule has 1 heterocycles. The molecule has 0 bridgehead atoms. The second-order valence-corrected chi connectivity index (χ2v) is 5.87. The maximum absolute atomic E-state index is 12.2. The Morgan fingerprint density at radius 2 is 2.17 bits per heavy atom. The lowest BCUT2D eigenvalue weighted by Gasteiger charge is -2.34. The van der Waals surface area contributed by atoms with Crippen molar-refractivity contribution in [3.8, 4) is 0 Å². The number of benzene rings is 1. The van der Waals surface area contributed by atoms with E-state index in [4.69, 9.17) is 11.6 Å². The third-order valence-corrected chi connectivity index (χ3v) is 4.20. The summed E-state index contributed by atoms with van der Waals surface area (Å²) in [4.78, 5) is 37.6. The standard InChI is InChI=1S/C16H20ClN3O3/c1-3-15(22)20-7-6-18-16(23)13(20)9-14(21)19-11-5-4-10(2)12(17)8-11/h4-5,8,13H,3,6-7,9H2,1-2H3,(H,18,23)(H,19,21)/t13-/m1/s1. The van der Waals surface area contributed by atoms with Crippen LogP contribution in [0, 0.1) is 6.92 Å². The van der Waals surface area contributed by atoms with E-state index < -0.39 is 6.04 Å². The zero-order valence-corrected chi connectivity index (χ0v) is 13.9. The number of carbonyl (C=O) groups excluding carboxylic acids is 3. The number of hydrogen-bond donors (Lipinski definition) is 2. The van der Waals surface area contributed by atoms with Gasteiger partial charge in [-0.15, -0.1) is 0 Å². The van der Waals surface area contributed by atoms with Gasteiger partial charge in [-0.2, -0.15) is 0 Å². The molecule has 23 heavy (non-hydrogen) atoms. The molecule has 1 aliphatic rings. The molecular formula is C16H20ClN3O3. The lowest BCUT2D eigenvalue weighted by molar-refractivity contribution is -0.144. The molecule has 1 fully saturated rings. The number of piperazine rings is 1. The summed E-state index contributed by atoms with van der Waals surface area (Å²) in [6.45, 7) is 4.44. The maximum Gasteiger partial charge on any atom is 0.243 e. The first-order valence-corrected chi connectivity index (χ1v) is 7.93. The Hall–Kier alpha value is -2.08. The number of halogens is 1. The first kappa shape index (κ1) is 17.3. The minimum atomic E-state index is -0.767. The van der Waals surface area contributed by atoms with Crippen LogP contribution in [0.4, 0.5) is 5.69 Å². The van der Waals surface area contributed by atoms with Crippen molar-refractivity contribution < 1.29 is 14.4 Å². The number of aryl methyl sites for hydroxylation is 1. The number of amides is 3. The van der Waals surface area contributed by atoms with Gasteiger partial charge in [-0.1, -0.05) is 24.6 Å². The molecule has 0 aromatic heterocycles. The van der Waals surface area contributed by atoms with Crippen molar-refractivity contribution in [2.24, 2.45) is 0 Å². The first-order valence-electron chi connectivity index (χ1n) is 7.55. The van der Waals surface area contributed by atoms with Crippen LogP contribution in [0.5, 0.6) is 0 Å². The topological polar surface area (TPSA) is 78.5 Å². The highest BCUT2D eigenvalue weighted by molar-refractivity contribution is 6.31. The van der Waals surface area contributed by atoms with Gasteiger partial charge < -0.3 is 15.5 Å². The Balaban J connectivity index is 2.05. The van der Waals surface area contributed by atoms with Crippen LogP contribution in [0.15, 0.2) is 18.2 Å². The van der Waals surface area contributed by atoms with Crippen molar-refractivity contribution in [1.29, 1.82) is 0 Å². The Kier molecular flexibility index (Phi) is 5.60. The monoisotopic (exact) mass is 337 g/mol. The summed E-state index contributed by atoms with van der Waals surface area (Å²) < 4.78 is 0. The van der Waals surface area contributed by atoms with Crippen LogP contribution in [0.25, 0.3) is 0 Å². The van der Waals surface area contributed by atoms with E-state index in [1.807, 2.05) is 6.92 Å². The van der Waals surface area contributed by atoms with Crippen LogP contribution in [0.2, 0.25) is 5.02 Å². The number of hydrogen-bond acceptors (Lipinski definition) is 3. The predicted molar refractivity (Wildman–Crippen MR) is 88.2 cm³/mol. The summed E-state index contributed by atoms with van der Waals surface area (Å²) in [7, 11) is 0. The number of nitrogens with zero attached hydrogens (tertiary/aromatic N) is 1. The number of nitrogens with one attached hydrogen (secondary N) is 2. The molecule has 3 amide bonds. The summed E-state index contributed by atoms with van der Waals surface area (Å²) in [6, 6.07) is 4.44. The van der Waals surface area contributed by atoms with Gasteiger partial charge in [0.15, 0.2) is 0 Å². The second kappa shape index (κ2) is 7.46. The van der Waals surface area contributed by atoms with Crippen molar-refractivity contribution in [3.63, 3.8) is 0 Å². The average molecular weight is 338 g/mol. The van der Waals surface area contributed by atoms with Gasteiger partial charge in [-0.05, 0) is 24.6 Å². The fraction of sp³-hybridized carbons (Fsp3) is 0.438. The van der Waals surface area contributed by atoms with E-state index in [9.17, 15) is 14.4 Å². The molecule has 2 rings (SSSR count). The minimum absolute atomic E-state index is 0.0803. The summed E-state index contributed by atoms with van der Waals surface area (Å²) in [5.41, 5.74) is 1.48. The zero-order chi connectivity index (χ0) is 17.0. The highest BCUT2D eigenvalue weighted by Gasteiger charge is 2.33. The lowest BCUT2D eigenvalue weighted by atomic mass is 10.1. The molecule has 0 saturated carbocycles. The van der Waals surface area contributed by atoms with Crippen LogP contribution in [0.1, 0.15) is 25.3 Å². The van der Waals surface area contributed by atoms with Gasteiger partial charge in [0, 0.05) is 30.2 Å². The van der Waals surface area contributed by atoms with Crippen LogP contribution >= 0.6 is 11.6 Å². The van der Waals surface area contributed by atoms with Gasteiger partial charge in [0.05, 0.1) is 6.42 Å². The molecule has 0 aliphatic carbocycles. The molecule has 2 N–H and O–H groups in total. The van der Waals surface area contributed by atoms with E-state index in [0.29, 0.717) is 30.2 Å². The molecule has 0 spiro atoms. The molecule has 1 atom stereocenters. The van der Waals surface area contributed by atoms with Crippen molar-refractivity contribution in [3.05, 3.63) is 28.8 Å². The normalized spacial score (nSPS) is 17.6. The highest BCUT2D eigenvalue weighted by atomic mass is 35.5. The van der Waals surface area contributed by atoms with Crippen molar-refractivity contribution >= 4 is 35.0 Å². The maximum atomic E-state index is 12.2. The fourth-order valence-corrected chi connectivity index (χ4v) is 2.66. The SMILES string of the molecule is CCC(=O)N1CCNC(=O)[C@H]1CC(=O)Nc1ccc(C)c(Cl)c1. The quantitative estimate of drug-likeness (QED) is 0.878. The highest BCUT2D eigenvalue weighted by Crippen LogP contribution is 2.20. The Morgan fingerprint density at radius 1 is 1.43 bits per heavy atom. The molecule has 6 nitrogen and oxygen atoms in total. The molecule has 7 heteroatoms. The van der Waals surface area contributed by atoms with Gasteiger partial charge in [0.2, 0.25) is 17.7 Å². The van der Waals surface area contributed by atoms with Crippen molar-refractivity contribution in [1.82, 2.24) is 10.2 Å². The summed E-state index contributed by atoms with van der Waals surface area (Å²) in [6.07, 6.45) is 0.224. The smallest absolute Gasteiger partial charge is 0.243 e. The van der Waals surface area contributed by atoms with E-state index in [-0.39, 0.29) is 24.1 Å². The zero-order valence-electron chi connectivity index (χ0n) is 13.2. The molecule has 1 aromatic rings. The predicted octanol–water partition coefficient (Wildman–Crippen LogP) is 1.71. The first-order chi connectivity index (χ1) is 10.9. The number of rotatable bonds is 4. The third kappa shape index (κ3) is 4.22. The molecule has 1 aliphatic heterocycles. The molecule has 1 saturated heterocycles. The van der Waals surface area contributed by atoms with Gasteiger partial charge in [-0.25, -0.2) is 0 Å². The average Bonchev–Trinajstić information content (AvgIpc) is 2.52. The lowest BCUT2D eigenvalue weighted by Crippen LogP contribution is -2.58. The minimum Gasteiger partial charge on any atom is -0.353 e. The van der Waals surface area contributed by atoms with Crippen LogP contribution in [-0.2, 0) is 14.4 Å². The van der Waals surface area contributed by atoms with Crippen LogP contribution in [0.3, 0.4) is 0 Å². The fourth-order valence-electron chi connectivity index (χ4n) is 2.48. The molecular weight excluding hydrogens is 318 g/mol. The second-order valence-electron chi connectivity index (χ2n) is 5.46. The van der Waals surface area contributed by atoms with Gasteiger partial charge in [0.25, 0.3) is 0 Å². The van der Waals surface area contributed by atoms with Crippen molar-refractivity contribution in [2.45, 2.75) is 32.7 Å². The molecule has 0 unspecified atom stereocenters. The third-order valence-electron chi connectivity index (χ3n) is 3.79. The van der Waals surface area contributed by atoms with E-state index >= 15 is 0 Å². The molecule has 1 aromatic carbocycles. The van der Waals surface area contributed by atoms with E-state index in [2.05, 4.69) is 10.6 Å². The van der Waals surface area contributed by atoms with E-state index in [1.54, 1.807) is 25.1 Å². The number of anilines is 1. The summed E-state index contributed by atoms with van der Waals surface area (Å²) in [5.74, 6) is -0.757. The molecule has 0 radical (unpaired) electrons. The van der Waals surface area contributed by atoms with Gasteiger partial charge in [0.1, 0.15) is 6.04 Å². The van der Waals surface area contributed by atoms with Gasteiger partial charge in [-0.3, -0.25) is 14.4 Å². The number of carbonyl (C=O) groups is 3. The van der Waals surface area contributed by atoms with E-state index in [1.165, 1.54) is 4.90 Å². The van der Waals surface area contributed by atoms with Crippen LogP contribution in [-0.4, -0.2) is 41.8 Å². The van der Waals surface area contributed by atoms with Gasteiger partial charge >= 0.3 is 0 Å². The van der Waals surface area contributed by atoms with E-state index in [0.717, 1.165) is 5.56 Å². The summed E-state index contributed by atoms with van der Waals surface area (Å²) in [5, 5.41) is 5.96. The van der Waals surface area contributed by atoms with Crippen molar-refractivity contribution in [2.75, 3.05) is 18.4 Å².